The minimum Gasteiger partial charge on any atom is -0.339 e. The second kappa shape index (κ2) is 6.05. The van der Waals surface area contributed by atoms with Crippen LogP contribution in [0.25, 0.3) is 0 Å². The van der Waals surface area contributed by atoms with Crippen LogP contribution in [0, 0.1) is 5.41 Å². The first kappa shape index (κ1) is 13.9. The summed E-state index contributed by atoms with van der Waals surface area (Å²) in [5, 5.41) is 3.38. The van der Waals surface area contributed by atoms with Crippen molar-refractivity contribution in [2.24, 2.45) is 5.41 Å². The summed E-state index contributed by atoms with van der Waals surface area (Å²) in [5.74, 6) is 0.421. The second-order valence-corrected chi connectivity index (χ2v) is 5.94. The minimum atomic E-state index is -0.104. The van der Waals surface area contributed by atoms with E-state index in [0.29, 0.717) is 11.9 Å². The monoisotopic (exact) mass is 252 g/mol. The number of hydrogen-bond donors (Lipinski definition) is 1. The molecule has 2 aliphatic rings. The van der Waals surface area contributed by atoms with E-state index in [1.54, 1.807) is 0 Å². The van der Waals surface area contributed by atoms with Gasteiger partial charge in [0.1, 0.15) is 0 Å². The quantitative estimate of drug-likeness (QED) is 0.834. The van der Waals surface area contributed by atoms with E-state index in [-0.39, 0.29) is 5.41 Å². The summed E-state index contributed by atoms with van der Waals surface area (Å²) in [6, 6.07) is 0.514. The van der Waals surface area contributed by atoms with E-state index >= 15 is 0 Å². The van der Waals surface area contributed by atoms with Crippen molar-refractivity contribution in [1.82, 2.24) is 10.2 Å². The number of rotatable bonds is 4. The third-order valence-corrected chi connectivity index (χ3v) is 4.99. The molecular formula is C15H28N2O. The summed E-state index contributed by atoms with van der Waals surface area (Å²) < 4.78 is 0. The molecule has 0 aromatic heterocycles. The Kier molecular flexibility index (Phi) is 4.66. The Labute approximate surface area is 111 Å². The fraction of sp³-hybridized carbons (Fsp3) is 0.933. The van der Waals surface area contributed by atoms with Gasteiger partial charge in [0.25, 0.3) is 0 Å². The van der Waals surface area contributed by atoms with Gasteiger partial charge < -0.3 is 10.2 Å². The lowest BCUT2D eigenvalue weighted by atomic mass is 9.81. The zero-order valence-electron chi connectivity index (χ0n) is 12.0. The molecule has 1 saturated carbocycles. The average Bonchev–Trinajstić information content (AvgIpc) is 2.91. The first-order valence-corrected chi connectivity index (χ1v) is 7.75. The molecule has 3 heteroatoms. The van der Waals surface area contributed by atoms with Crippen LogP contribution in [0.3, 0.4) is 0 Å². The molecule has 1 amide bonds. The molecule has 1 aliphatic carbocycles. The van der Waals surface area contributed by atoms with Crippen LogP contribution in [0.15, 0.2) is 0 Å². The van der Waals surface area contributed by atoms with E-state index in [1.165, 1.54) is 32.1 Å². The van der Waals surface area contributed by atoms with E-state index in [9.17, 15) is 4.79 Å². The van der Waals surface area contributed by atoms with Crippen molar-refractivity contribution < 1.29 is 4.79 Å². The van der Waals surface area contributed by atoms with Crippen molar-refractivity contribution in [3.63, 3.8) is 0 Å². The van der Waals surface area contributed by atoms with E-state index in [1.807, 2.05) is 0 Å². The van der Waals surface area contributed by atoms with Crippen LogP contribution < -0.4 is 5.32 Å². The highest BCUT2D eigenvalue weighted by Gasteiger charge is 2.43. The molecule has 1 N–H and O–H groups in total. The van der Waals surface area contributed by atoms with Gasteiger partial charge in [-0.2, -0.15) is 0 Å². The van der Waals surface area contributed by atoms with Crippen LogP contribution in [0.5, 0.6) is 0 Å². The lowest BCUT2D eigenvalue weighted by molar-refractivity contribution is -0.144. The largest absolute Gasteiger partial charge is 0.339 e. The summed E-state index contributed by atoms with van der Waals surface area (Å²) in [5.41, 5.74) is -0.104. The molecule has 18 heavy (non-hydrogen) atoms. The van der Waals surface area contributed by atoms with Gasteiger partial charge in [-0.3, -0.25) is 4.79 Å². The van der Waals surface area contributed by atoms with Gasteiger partial charge in [0.15, 0.2) is 0 Å². The average molecular weight is 252 g/mol. The molecular weight excluding hydrogens is 224 g/mol. The Morgan fingerprint density at radius 3 is 2.50 bits per heavy atom. The lowest BCUT2D eigenvalue weighted by Crippen LogP contribution is -2.50. The minimum absolute atomic E-state index is 0.104. The standard InChI is InChI=1S/C15H28N2O/c1-3-15(10-11-16-12-15)14(18)17(4-2)13-8-6-5-7-9-13/h13,16H,3-12H2,1-2H3. The molecule has 0 spiro atoms. The Morgan fingerprint density at radius 1 is 1.28 bits per heavy atom. The van der Waals surface area contributed by atoms with E-state index < -0.39 is 0 Å². The van der Waals surface area contributed by atoms with Crippen molar-refractivity contribution in [2.75, 3.05) is 19.6 Å². The fourth-order valence-corrected chi connectivity index (χ4v) is 3.64. The van der Waals surface area contributed by atoms with Gasteiger partial charge in [0, 0.05) is 19.1 Å². The normalized spacial score (nSPS) is 29.4. The smallest absolute Gasteiger partial charge is 0.230 e. The van der Waals surface area contributed by atoms with Gasteiger partial charge in [-0.1, -0.05) is 26.2 Å². The van der Waals surface area contributed by atoms with Gasteiger partial charge >= 0.3 is 0 Å². The molecule has 0 radical (unpaired) electrons. The van der Waals surface area contributed by atoms with Crippen LogP contribution in [0.4, 0.5) is 0 Å². The van der Waals surface area contributed by atoms with Gasteiger partial charge in [-0.25, -0.2) is 0 Å². The zero-order valence-corrected chi connectivity index (χ0v) is 12.0. The van der Waals surface area contributed by atoms with Crippen molar-refractivity contribution in [3.05, 3.63) is 0 Å². The topological polar surface area (TPSA) is 32.3 Å². The molecule has 0 aromatic carbocycles. The van der Waals surface area contributed by atoms with Crippen LogP contribution in [0.1, 0.15) is 58.8 Å². The van der Waals surface area contributed by atoms with Crippen LogP contribution in [-0.4, -0.2) is 36.5 Å². The number of nitrogens with zero attached hydrogens (tertiary/aromatic N) is 1. The number of carbonyl (C=O) groups is 1. The molecule has 1 unspecified atom stereocenters. The number of hydrogen-bond acceptors (Lipinski definition) is 2. The van der Waals surface area contributed by atoms with Crippen LogP contribution >= 0.6 is 0 Å². The SMILES string of the molecule is CCN(C(=O)C1(CC)CCNC1)C1CCCCC1. The van der Waals surface area contributed by atoms with Crippen molar-refractivity contribution >= 4 is 5.91 Å². The Hall–Kier alpha value is -0.570. The number of carbonyl (C=O) groups excluding carboxylic acids is 1. The van der Waals surface area contributed by atoms with Crippen LogP contribution in [0.2, 0.25) is 0 Å². The highest BCUT2D eigenvalue weighted by atomic mass is 16.2. The number of nitrogens with one attached hydrogen (secondary N) is 1. The summed E-state index contributed by atoms with van der Waals surface area (Å²) >= 11 is 0. The van der Waals surface area contributed by atoms with E-state index in [2.05, 4.69) is 24.1 Å². The molecule has 3 nitrogen and oxygen atoms in total. The Balaban J connectivity index is 2.08. The molecule has 1 heterocycles. The summed E-state index contributed by atoms with van der Waals surface area (Å²) in [6.45, 7) is 7.07. The van der Waals surface area contributed by atoms with E-state index in [0.717, 1.165) is 32.5 Å². The Bertz CT molecular complexity index is 278. The third kappa shape index (κ3) is 2.56. The lowest BCUT2D eigenvalue weighted by Gasteiger charge is -2.39. The van der Waals surface area contributed by atoms with Gasteiger partial charge in [-0.05, 0) is 39.2 Å². The molecule has 1 atom stereocenters. The predicted molar refractivity (Wildman–Crippen MR) is 74.5 cm³/mol. The molecule has 2 fully saturated rings. The van der Waals surface area contributed by atoms with Gasteiger partial charge in [0.2, 0.25) is 5.91 Å². The summed E-state index contributed by atoms with van der Waals surface area (Å²) in [6.07, 6.45) is 8.37. The first-order valence-electron chi connectivity index (χ1n) is 7.75. The van der Waals surface area contributed by atoms with Crippen LogP contribution in [-0.2, 0) is 4.79 Å². The first-order chi connectivity index (χ1) is 8.73. The third-order valence-electron chi connectivity index (χ3n) is 4.99. The van der Waals surface area contributed by atoms with E-state index in [4.69, 9.17) is 0 Å². The maximum Gasteiger partial charge on any atom is 0.230 e. The maximum absolute atomic E-state index is 12.9. The zero-order chi connectivity index (χ0) is 13.0. The summed E-state index contributed by atoms with van der Waals surface area (Å²) in [4.78, 5) is 15.1. The molecule has 0 aromatic rings. The Morgan fingerprint density at radius 2 is 2.00 bits per heavy atom. The molecule has 0 bridgehead atoms. The van der Waals surface area contributed by atoms with Crippen molar-refractivity contribution in [2.45, 2.75) is 64.8 Å². The molecule has 104 valence electrons. The molecule has 2 rings (SSSR count). The highest BCUT2D eigenvalue weighted by molar-refractivity contribution is 5.83. The number of amides is 1. The predicted octanol–water partition coefficient (Wildman–Crippen LogP) is 2.56. The van der Waals surface area contributed by atoms with Gasteiger partial charge in [0.05, 0.1) is 5.41 Å². The summed E-state index contributed by atoms with van der Waals surface area (Å²) in [7, 11) is 0. The van der Waals surface area contributed by atoms with Gasteiger partial charge in [-0.15, -0.1) is 0 Å². The van der Waals surface area contributed by atoms with Crippen molar-refractivity contribution in [1.29, 1.82) is 0 Å². The maximum atomic E-state index is 12.9. The highest BCUT2D eigenvalue weighted by Crippen LogP contribution is 2.34. The molecule has 1 aliphatic heterocycles. The second-order valence-electron chi connectivity index (χ2n) is 5.94. The fourth-order valence-electron chi connectivity index (χ4n) is 3.64. The molecule has 1 saturated heterocycles. The van der Waals surface area contributed by atoms with Crippen molar-refractivity contribution in [3.8, 4) is 0 Å².